The minimum Gasteiger partial charge on any atom is -0.391 e. The summed E-state index contributed by atoms with van der Waals surface area (Å²) in [5, 5.41) is 141. The van der Waals surface area contributed by atoms with Crippen LogP contribution >= 0.6 is 15.6 Å². The Morgan fingerprint density at radius 3 is 1.12 bits per heavy atom. The van der Waals surface area contributed by atoms with E-state index in [2.05, 4.69) is 19.2 Å². The van der Waals surface area contributed by atoms with Crippen molar-refractivity contribution in [2.24, 2.45) is 0 Å². The lowest BCUT2D eigenvalue weighted by molar-refractivity contribution is -0.337. The molecular weight excluding hydrogens is 1200 g/mol. The number of hydrogen-bond donors (Lipinski definition) is 16. The molecule has 0 aromatic rings. The molecule has 1 aliphatic heterocycles. The third-order valence-electron chi connectivity index (χ3n) is 17.8. The van der Waals surface area contributed by atoms with E-state index in [4.69, 9.17) is 27.6 Å². The Morgan fingerprint density at radius 1 is 0.404 bits per heavy atom. The molecule has 0 aromatic heterocycles. The third-order valence-corrected chi connectivity index (χ3v) is 19.8. The zero-order valence-corrected chi connectivity index (χ0v) is 55.3. The minimum absolute atomic E-state index is 0.108. The maximum atomic E-state index is 13.8. The highest BCUT2D eigenvalue weighted by atomic mass is 31.2. The number of nitrogens with one attached hydrogen (secondary N) is 1. The molecule has 21 atom stereocenters. The molecular formula is C62H121NO24P2. The first kappa shape index (κ1) is 82.3. The van der Waals surface area contributed by atoms with Crippen molar-refractivity contribution in [3.63, 3.8) is 0 Å². The van der Waals surface area contributed by atoms with Crippen molar-refractivity contribution < 1.29 is 118 Å². The molecule has 0 radical (unpaired) electrons. The van der Waals surface area contributed by atoms with E-state index in [0.717, 1.165) is 57.8 Å². The van der Waals surface area contributed by atoms with E-state index in [1.165, 1.54) is 161 Å². The van der Waals surface area contributed by atoms with Gasteiger partial charge < -0.3 is 91.0 Å². The van der Waals surface area contributed by atoms with Crippen LogP contribution in [0.1, 0.15) is 258 Å². The molecule has 3 rings (SSSR count). The van der Waals surface area contributed by atoms with Gasteiger partial charge in [0.2, 0.25) is 5.91 Å². The fraction of sp³-hybridized carbons (Fsp3) is 0.984. The van der Waals surface area contributed by atoms with E-state index in [-0.39, 0.29) is 12.8 Å². The Labute approximate surface area is 529 Å². The maximum absolute atomic E-state index is 13.8. The lowest BCUT2D eigenvalue weighted by atomic mass is 9.84. The van der Waals surface area contributed by atoms with Crippen molar-refractivity contribution in [3.8, 4) is 0 Å². The molecule has 0 aromatic carbocycles. The van der Waals surface area contributed by atoms with E-state index in [9.17, 15) is 90.1 Å². The van der Waals surface area contributed by atoms with Crippen molar-refractivity contribution in [2.75, 3.05) is 13.2 Å². The van der Waals surface area contributed by atoms with Gasteiger partial charge in [-0.3, -0.25) is 22.9 Å². The molecule has 16 N–H and O–H groups in total. The standard InChI is InChI=1S/C62H121NO24P2/c1-3-5-7-9-11-13-15-17-18-19-20-21-22-23-24-25-26-28-30-32-34-36-38-40-46(65)63-43(44(64)39-37-35-33-31-29-27-16-14-12-10-8-6-4-2)41-82-88(78,79)87-61-57(76)53(72)52(71)56(75)60(61)85-62-58(77)48(67)47(66)45(84-62)42-83-89(80,81)86-59-54(73)50(69)49(68)51(70)55(59)74/h43-45,47-62,64,66-77H,3-42H2,1-2H3,(H,63,65)(H,78,79)(H,80,81)/t43-,44+,45+,47+,48-,49?,50-,51+,52+,53+,54+,55+,56-,57+,58-,59?,60+,61+,62?/m0/s1. The summed E-state index contributed by atoms with van der Waals surface area (Å²) in [5.74, 6) is -0.435. The lowest BCUT2D eigenvalue weighted by Crippen LogP contribution is -2.67. The highest BCUT2D eigenvalue weighted by Crippen LogP contribution is 2.49. The molecule has 1 saturated heterocycles. The Morgan fingerprint density at radius 2 is 0.719 bits per heavy atom. The average molecular weight is 1330 g/mol. The van der Waals surface area contributed by atoms with Crippen LogP contribution in [0.25, 0.3) is 0 Å². The Bertz CT molecular complexity index is 1890. The quantitative estimate of drug-likeness (QED) is 0.0239. The number of rotatable bonds is 52. The molecule has 25 nitrogen and oxygen atoms in total. The number of carbonyl (C=O) groups excluding carboxylic acids is 1. The fourth-order valence-corrected chi connectivity index (χ4v) is 13.9. The van der Waals surface area contributed by atoms with E-state index < -0.39 is 151 Å². The zero-order chi connectivity index (χ0) is 65.8. The summed E-state index contributed by atoms with van der Waals surface area (Å²) in [7, 11) is -11.0. The number of phosphoric acid groups is 2. The fourth-order valence-electron chi connectivity index (χ4n) is 12.0. The van der Waals surface area contributed by atoms with Gasteiger partial charge in [-0.25, -0.2) is 9.13 Å². The van der Waals surface area contributed by atoms with E-state index >= 15 is 0 Å². The highest BCUT2D eigenvalue weighted by Gasteiger charge is 2.56. The molecule has 2 saturated carbocycles. The number of amides is 1. The second-order valence-corrected chi connectivity index (χ2v) is 28.3. The molecule has 5 unspecified atom stereocenters. The second-order valence-electron chi connectivity index (χ2n) is 25.5. The summed E-state index contributed by atoms with van der Waals surface area (Å²) < 4.78 is 58.0. The number of unbranched alkanes of at least 4 members (excludes halogenated alkanes) is 34. The van der Waals surface area contributed by atoms with Gasteiger partial charge in [-0.05, 0) is 12.8 Å². The van der Waals surface area contributed by atoms with Crippen LogP contribution in [0, 0.1) is 0 Å². The van der Waals surface area contributed by atoms with E-state index in [0.29, 0.717) is 12.8 Å². The van der Waals surface area contributed by atoms with E-state index in [1.54, 1.807) is 0 Å². The highest BCUT2D eigenvalue weighted by molar-refractivity contribution is 7.47. The Balaban J connectivity index is 1.54. The average Bonchev–Trinajstić information content (AvgIpc) is 1.54. The number of phosphoric ester groups is 2. The predicted octanol–water partition coefficient (Wildman–Crippen LogP) is 6.17. The predicted molar refractivity (Wildman–Crippen MR) is 332 cm³/mol. The van der Waals surface area contributed by atoms with Gasteiger partial charge >= 0.3 is 15.6 Å². The molecule has 3 fully saturated rings. The first-order valence-corrected chi connectivity index (χ1v) is 37.2. The monoisotopic (exact) mass is 1330 g/mol. The maximum Gasteiger partial charge on any atom is 0.472 e. The summed E-state index contributed by atoms with van der Waals surface area (Å²) in [6.45, 7) is 2.42. The van der Waals surface area contributed by atoms with Gasteiger partial charge in [-0.15, -0.1) is 0 Å². The molecule has 0 spiro atoms. The summed E-state index contributed by atoms with van der Waals surface area (Å²) in [6.07, 6.45) is 3.85. The first-order valence-electron chi connectivity index (χ1n) is 34.2. The van der Waals surface area contributed by atoms with Crippen LogP contribution in [0.5, 0.6) is 0 Å². The normalized spacial score (nSPS) is 31.3. The van der Waals surface area contributed by atoms with Crippen molar-refractivity contribution in [3.05, 3.63) is 0 Å². The van der Waals surface area contributed by atoms with Gasteiger partial charge in [0.25, 0.3) is 0 Å². The van der Waals surface area contributed by atoms with Crippen molar-refractivity contribution in [2.45, 2.75) is 374 Å². The Hall–Kier alpha value is -0.910. The molecule has 1 amide bonds. The number of aliphatic hydroxyl groups excluding tert-OH is 13. The van der Waals surface area contributed by atoms with Crippen molar-refractivity contribution in [1.82, 2.24) is 5.32 Å². The van der Waals surface area contributed by atoms with Crippen LogP contribution in [0.2, 0.25) is 0 Å². The van der Waals surface area contributed by atoms with Gasteiger partial charge in [0.1, 0.15) is 97.7 Å². The lowest BCUT2D eigenvalue weighted by Gasteiger charge is -2.47. The van der Waals surface area contributed by atoms with Gasteiger partial charge in [0, 0.05) is 6.42 Å². The third kappa shape index (κ3) is 31.7. The summed E-state index contributed by atoms with van der Waals surface area (Å²) in [5.41, 5.74) is 0. The topological polar surface area (TPSA) is 422 Å². The largest absolute Gasteiger partial charge is 0.472 e. The molecule has 2 aliphatic carbocycles. The first-order chi connectivity index (χ1) is 42.5. The number of carbonyl (C=O) groups is 1. The summed E-state index contributed by atoms with van der Waals surface area (Å²) >= 11 is 0. The van der Waals surface area contributed by atoms with Crippen LogP contribution in [0.3, 0.4) is 0 Å². The van der Waals surface area contributed by atoms with Crippen LogP contribution in [0.15, 0.2) is 0 Å². The van der Waals surface area contributed by atoms with Gasteiger partial charge in [0.15, 0.2) is 6.29 Å². The number of aliphatic hydroxyl groups is 13. The molecule has 89 heavy (non-hydrogen) atoms. The summed E-state index contributed by atoms with van der Waals surface area (Å²) in [4.78, 5) is 34.9. The van der Waals surface area contributed by atoms with Crippen LogP contribution in [-0.2, 0) is 41.5 Å². The second kappa shape index (κ2) is 46.3. The molecule has 1 heterocycles. The smallest absolute Gasteiger partial charge is 0.391 e. The number of hydrogen-bond acceptors (Lipinski definition) is 22. The van der Waals surface area contributed by atoms with Gasteiger partial charge in [-0.2, -0.15) is 0 Å². The van der Waals surface area contributed by atoms with Crippen LogP contribution in [-0.4, -0.2) is 211 Å². The van der Waals surface area contributed by atoms with Crippen molar-refractivity contribution in [1.29, 1.82) is 0 Å². The van der Waals surface area contributed by atoms with E-state index in [1.807, 2.05) is 0 Å². The van der Waals surface area contributed by atoms with Gasteiger partial charge in [-0.1, -0.05) is 239 Å². The molecule has 528 valence electrons. The van der Waals surface area contributed by atoms with Crippen molar-refractivity contribution >= 4 is 21.6 Å². The molecule has 0 bridgehead atoms. The number of ether oxygens (including phenoxy) is 2. The summed E-state index contributed by atoms with van der Waals surface area (Å²) in [6, 6.07) is -1.24. The zero-order valence-electron chi connectivity index (χ0n) is 53.5. The Kier molecular flexibility index (Phi) is 42.8. The van der Waals surface area contributed by atoms with Gasteiger partial charge in [0.05, 0.1) is 25.4 Å². The molecule has 27 heteroatoms. The van der Waals surface area contributed by atoms with Crippen LogP contribution < -0.4 is 5.32 Å². The SMILES string of the molecule is CCCCCCCCCCCCCCCCCCCCCCCCCC(=O)N[C@@H](COP(=O)(O)O[C@@H]1[C@H](O)[C@H](O)[C@@H](O)[C@H](O)[C@H]1OC1O[C@H](COP(=O)(O)OC2[C@H](O)[C@H](O)C(O)[C@H](O)[C@H]2O)[C@@H](O)[C@H](O)[C@@H]1O)[C@H](O)CCCCCCCCCCCCCCC. The minimum atomic E-state index is -5.51. The van der Waals surface area contributed by atoms with Crippen LogP contribution in [0.4, 0.5) is 0 Å². The molecule has 3 aliphatic rings.